The van der Waals surface area contributed by atoms with Gasteiger partial charge in [-0.1, -0.05) is 53.6 Å². The Morgan fingerprint density at radius 1 is 1.09 bits per heavy atom. The summed E-state index contributed by atoms with van der Waals surface area (Å²) >= 11 is 6.23. The maximum Gasteiger partial charge on any atom is 0.325 e. The monoisotopic (exact) mass is 461 g/mol. The zero-order valence-corrected chi connectivity index (χ0v) is 19.3. The van der Waals surface area contributed by atoms with Crippen LogP contribution in [-0.2, 0) is 4.79 Å². The molecule has 3 aromatic carbocycles. The van der Waals surface area contributed by atoms with Gasteiger partial charge >= 0.3 is 6.03 Å². The lowest BCUT2D eigenvalue weighted by atomic mass is 9.78. The quantitative estimate of drug-likeness (QED) is 0.534. The minimum Gasteiger partial charge on any atom is -0.466 e. The number of rotatable bonds is 3. The molecule has 7 heteroatoms. The Morgan fingerprint density at radius 2 is 1.88 bits per heavy atom. The van der Waals surface area contributed by atoms with Crippen LogP contribution in [0.1, 0.15) is 29.7 Å². The standard InChI is InChI=1S/C26H24ClN3O3/c1-15-11-12-20(16(2)13-15)28-24(31)22-23-19-9-4-5-10-21(19)33-26(22,3)30(25(32)29-23)18-8-6-7-17(27)14-18/h4-14,22-23H,1-3H3,(H,28,31)(H,29,32)/t22-,23-,26-/m0/s1. The van der Waals surface area contributed by atoms with Gasteiger partial charge in [-0.3, -0.25) is 9.69 Å². The molecule has 3 amide bonds. The molecule has 0 aromatic heterocycles. The number of halogens is 1. The number of nitrogens with one attached hydrogen (secondary N) is 2. The molecule has 33 heavy (non-hydrogen) atoms. The van der Waals surface area contributed by atoms with Crippen molar-refractivity contribution in [1.29, 1.82) is 0 Å². The van der Waals surface area contributed by atoms with Gasteiger partial charge in [-0.15, -0.1) is 0 Å². The average Bonchev–Trinajstić information content (AvgIpc) is 2.75. The van der Waals surface area contributed by atoms with Crippen molar-refractivity contribution in [2.75, 3.05) is 10.2 Å². The summed E-state index contributed by atoms with van der Waals surface area (Å²) in [6, 6.07) is 19.4. The molecule has 168 valence electrons. The van der Waals surface area contributed by atoms with E-state index in [1.54, 1.807) is 31.2 Å². The first-order valence-corrected chi connectivity index (χ1v) is 11.2. The van der Waals surface area contributed by atoms with Crippen LogP contribution in [0.2, 0.25) is 5.02 Å². The van der Waals surface area contributed by atoms with Gasteiger partial charge < -0.3 is 15.4 Å². The summed E-state index contributed by atoms with van der Waals surface area (Å²) in [5.41, 5.74) is 2.84. The molecule has 5 rings (SSSR count). The molecular weight excluding hydrogens is 438 g/mol. The van der Waals surface area contributed by atoms with E-state index in [4.69, 9.17) is 16.3 Å². The molecule has 1 fully saturated rings. The number of nitrogens with zero attached hydrogens (tertiary/aromatic N) is 1. The molecule has 3 aromatic rings. The van der Waals surface area contributed by atoms with Crippen molar-refractivity contribution in [2.45, 2.75) is 32.5 Å². The summed E-state index contributed by atoms with van der Waals surface area (Å²) in [6.07, 6.45) is 0. The molecule has 3 atom stereocenters. The van der Waals surface area contributed by atoms with Crippen molar-refractivity contribution < 1.29 is 14.3 Å². The lowest BCUT2D eigenvalue weighted by molar-refractivity contribution is -0.131. The lowest BCUT2D eigenvalue weighted by Gasteiger charge is -2.54. The molecule has 2 bridgehead atoms. The third-order valence-corrected chi connectivity index (χ3v) is 6.63. The van der Waals surface area contributed by atoms with E-state index in [0.29, 0.717) is 16.5 Å². The predicted octanol–water partition coefficient (Wildman–Crippen LogP) is 5.59. The second-order valence-corrected chi connectivity index (χ2v) is 9.16. The van der Waals surface area contributed by atoms with Crippen molar-refractivity contribution in [3.8, 4) is 5.75 Å². The molecule has 0 spiro atoms. The Kier molecular flexibility index (Phi) is 5.05. The van der Waals surface area contributed by atoms with Gasteiger partial charge in [0.25, 0.3) is 0 Å². The number of anilines is 2. The molecule has 6 nitrogen and oxygen atoms in total. The van der Waals surface area contributed by atoms with E-state index in [1.807, 2.05) is 56.3 Å². The molecule has 1 saturated heterocycles. The van der Waals surface area contributed by atoms with E-state index in [9.17, 15) is 9.59 Å². The van der Waals surface area contributed by atoms with Crippen molar-refractivity contribution in [2.24, 2.45) is 5.92 Å². The first-order chi connectivity index (χ1) is 15.8. The van der Waals surface area contributed by atoms with Gasteiger partial charge in [0.1, 0.15) is 11.7 Å². The summed E-state index contributed by atoms with van der Waals surface area (Å²) in [4.78, 5) is 28.6. The number of urea groups is 1. The fraction of sp³-hybridized carbons (Fsp3) is 0.231. The first kappa shape index (κ1) is 21.3. The second-order valence-electron chi connectivity index (χ2n) is 8.72. The van der Waals surface area contributed by atoms with Crippen molar-refractivity contribution in [1.82, 2.24) is 5.32 Å². The summed E-state index contributed by atoms with van der Waals surface area (Å²) in [6.45, 7) is 5.74. The predicted molar refractivity (Wildman–Crippen MR) is 129 cm³/mol. The minimum absolute atomic E-state index is 0.240. The van der Waals surface area contributed by atoms with Crippen molar-refractivity contribution >= 4 is 34.9 Å². The molecule has 2 aliphatic rings. The van der Waals surface area contributed by atoms with E-state index in [0.717, 1.165) is 22.4 Å². The molecule has 0 aliphatic carbocycles. The molecule has 0 unspecified atom stereocenters. The number of aryl methyl sites for hydroxylation is 2. The number of ether oxygens (including phenoxy) is 1. The van der Waals surface area contributed by atoms with E-state index in [2.05, 4.69) is 10.6 Å². The summed E-state index contributed by atoms with van der Waals surface area (Å²) in [5, 5.41) is 6.59. The van der Waals surface area contributed by atoms with E-state index in [-0.39, 0.29) is 11.9 Å². The Bertz CT molecular complexity index is 1280. The van der Waals surface area contributed by atoms with Crippen LogP contribution in [0.25, 0.3) is 0 Å². The van der Waals surface area contributed by atoms with Crippen LogP contribution in [0.15, 0.2) is 66.7 Å². The number of hydrogen-bond donors (Lipinski definition) is 2. The van der Waals surface area contributed by atoms with Crippen LogP contribution in [0.3, 0.4) is 0 Å². The first-order valence-electron chi connectivity index (χ1n) is 10.8. The number of hydrogen-bond acceptors (Lipinski definition) is 3. The number of fused-ring (bicyclic) bond motifs is 4. The Morgan fingerprint density at radius 3 is 2.64 bits per heavy atom. The van der Waals surface area contributed by atoms with Crippen LogP contribution in [0, 0.1) is 19.8 Å². The average molecular weight is 462 g/mol. The number of carbonyl (C=O) groups excluding carboxylic acids is 2. The molecule has 2 aliphatic heterocycles. The summed E-state index contributed by atoms with van der Waals surface area (Å²) in [7, 11) is 0. The Labute approximate surface area is 197 Å². The van der Waals surface area contributed by atoms with Gasteiger partial charge in [-0.2, -0.15) is 0 Å². The fourth-order valence-corrected chi connectivity index (χ4v) is 5.08. The van der Waals surface area contributed by atoms with Crippen LogP contribution < -0.4 is 20.3 Å². The number of para-hydroxylation sites is 1. The number of carbonyl (C=O) groups is 2. The lowest BCUT2D eigenvalue weighted by Crippen LogP contribution is -2.72. The molecule has 0 radical (unpaired) electrons. The smallest absolute Gasteiger partial charge is 0.325 e. The Hall–Kier alpha value is -3.51. The third-order valence-electron chi connectivity index (χ3n) is 6.40. The van der Waals surface area contributed by atoms with Crippen LogP contribution >= 0.6 is 11.6 Å². The van der Waals surface area contributed by atoms with Gasteiger partial charge in [-0.05, 0) is 56.7 Å². The highest BCUT2D eigenvalue weighted by atomic mass is 35.5. The number of benzene rings is 3. The number of amides is 3. The van der Waals surface area contributed by atoms with Crippen molar-refractivity contribution in [3.63, 3.8) is 0 Å². The van der Waals surface area contributed by atoms with Gasteiger partial charge in [0.05, 0.1) is 11.7 Å². The maximum absolute atomic E-state index is 13.8. The highest BCUT2D eigenvalue weighted by molar-refractivity contribution is 6.31. The van der Waals surface area contributed by atoms with E-state index < -0.39 is 17.7 Å². The van der Waals surface area contributed by atoms with Crippen LogP contribution in [-0.4, -0.2) is 17.7 Å². The molecule has 2 N–H and O–H groups in total. The van der Waals surface area contributed by atoms with Gasteiger partial charge in [0.2, 0.25) is 11.6 Å². The summed E-state index contributed by atoms with van der Waals surface area (Å²) in [5.74, 6) is -0.339. The van der Waals surface area contributed by atoms with Crippen molar-refractivity contribution in [3.05, 3.63) is 88.4 Å². The Balaban J connectivity index is 1.62. The van der Waals surface area contributed by atoms with Gasteiger partial charge in [0, 0.05) is 16.3 Å². The second kappa shape index (κ2) is 7.81. The SMILES string of the molecule is Cc1ccc(NC(=O)[C@@H]2[C@H]3NC(=O)N(c4cccc(Cl)c4)[C@@]2(C)Oc2ccccc23)c(C)c1. The topological polar surface area (TPSA) is 70.7 Å². The highest BCUT2D eigenvalue weighted by Crippen LogP contribution is 2.49. The van der Waals surface area contributed by atoms with Crippen LogP contribution in [0.5, 0.6) is 5.75 Å². The molecule has 0 saturated carbocycles. The van der Waals surface area contributed by atoms with E-state index >= 15 is 0 Å². The normalized spacial score (nSPS) is 23.3. The third kappa shape index (κ3) is 3.51. The molecular formula is C26H24ClN3O3. The highest BCUT2D eigenvalue weighted by Gasteiger charge is 2.60. The zero-order chi connectivity index (χ0) is 23.3. The van der Waals surface area contributed by atoms with Gasteiger partial charge in [0.15, 0.2) is 0 Å². The van der Waals surface area contributed by atoms with Crippen LogP contribution in [0.4, 0.5) is 16.2 Å². The zero-order valence-electron chi connectivity index (χ0n) is 18.6. The maximum atomic E-state index is 13.8. The summed E-state index contributed by atoms with van der Waals surface area (Å²) < 4.78 is 6.45. The largest absolute Gasteiger partial charge is 0.466 e. The van der Waals surface area contributed by atoms with Gasteiger partial charge in [-0.25, -0.2) is 4.79 Å². The molecule has 2 heterocycles. The van der Waals surface area contributed by atoms with E-state index in [1.165, 1.54) is 4.90 Å². The minimum atomic E-state index is -1.28. The fourth-order valence-electron chi connectivity index (χ4n) is 4.90.